The van der Waals surface area contributed by atoms with Gasteiger partial charge < -0.3 is 15.2 Å². The summed E-state index contributed by atoms with van der Waals surface area (Å²) in [6.45, 7) is 8.03. The van der Waals surface area contributed by atoms with Gasteiger partial charge in [0.05, 0.1) is 5.25 Å². The molecule has 0 saturated carbocycles. The van der Waals surface area contributed by atoms with Crippen LogP contribution in [0.4, 0.5) is 0 Å². The van der Waals surface area contributed by atoms with E-state index in [9.17, 15) is 19.5 Å². The summed E-state index contributed by atoms with van der Waals surface area (Å²) in [5.41, 5.74) is -0.0953. The van der Waals surface area contributed by atoms with E-state index in [0.29, 0.717) is 12.8 Å². The Morgan fingerprint density at radius 2 is 1.41 bits per heavy atom. The number of nitrogens with one attached hydrogen (secondary N) is 1. The number of carboxylic acids is 1. The van der Waals surface area contributed by atoms with Crippen molar-refractivity contribution in [3.8, 4) is 5.75 Å². The summed E-state index contributed by atoms with van der Waals surface area (Å²) in [6.07, 6.45) is 31.1. The average Bonchev–Trinajstić information content (AvgIpc) is 2.99. The second kappa shape index (κ2) is 25.1. The number of thioether (sulfide) groups is 1. The van der Waals surface area contributed by atoms with Crippen LogP contribution in [0, 0.1) is 5.92 Å². The van der Waals surface area contributed by atoms with Gasteiger partial charge >= 0.3 is 11.9 Å². The molecular formula is C37H53NO5S. The zero-order valence-electron chi connectivity index (χ0n) is 27.1. The van der Waals surface area contributed by atoms with Gasteiger partial charge in [-0.05, 0) is 88.0 Å². The number of para-hydroxylation sites is 1. The first-order chi connectivity index (χ1) is 21.3. The largest absolute Gasteiger partial charge is 0.478 e. The van der Waals surface area contributed by atoms with Gasteiger partial charge in [-0.3, -0.25) is 4.79 Å². The van der Waals surface area contributed by atoms with Crippen LogP contribution in [0.2, 0.25) is 0 Å². The smallest absolute Gasteiger partial charge is 0.339 e. The Balaban J connectivity index is 2.35. The third-order valence-corrected chi connectivity index (χ3v) is 8.02. The van der Waals surface area contributed by atoms with Gasteiger partial charge in [0.25, 0.3) is 0 Å². The van der Waals surface area contributed by atoms with Crippen LogP contribution in [0.1, 0.15) is 102 Å². The van der Waals surface area contributed by atoms with Crippen LogP contribution in [0.3, 0.4) is 0 Å². The molecule has 1 amide bonds. The molecule has 6 nitrogen and oxygen atoms in total. The van der Waals surface area contributed by atoms with E-state index >= 15 is 0 Å². The summed E-state index contributed by atoms with van der Waals surface area (Å²) in [7, 11) is 0. The van der Waals surface area contributed by atoms with E-state index in [1.807, 2.05) is 20.8 Å². The van der Waals surface area contributed by atoms with E-state index in [0.717, 1.165) is 57.1 Å². The minimum absolute atomic E-state index is 0.0260. The van der Waals surface area contributed by atoms with E-state index < -0.39 is 18.0 Å². The van der Waals surface area contributed by atoms with Gasteiger partial charge in [0.2, 0.25) is 5.91 Å². The van der Waals surface area contributed by atoms with Crippen molar-refractivity contribution >= 4 is 29.6 Å². The van der Waals surface area contributed by atoms with Crippen molar-refractivity contribution in [1.29, 1.82) is 0 Å². The van der Waals surface area contributed by atoms with Gasteiger partial charge in [-0.15, -0.1) is 11.8 Å². The van der Waals surface area contributed by atoms with Crippen LogP contribution in [0.15, 0.2) is 85.0 Å². The normalized spacial score (nSPS) is 13.6. The molecule has 0 saturated heterocycles. The van der Waals surface area contributed by atoms with Crippen molar-refractivity contribution in [2.75, 3.05) is 5.75 Å². The molecular weight excluding hydrogens is 570 g/mol. The number of carbonyl (C=O) groups is 3. The predicted octanol–water partition coefficient (Wildman–Crippen LogP) is 9.25. The number of ether oxygens (including phenoxy) is 1. The Kier molecular flexibility index (Phi) is 22.0. The average molecular weight is 624 g/mol. The maximum absolute atomic E-state index is 13.1. The standard InChI is InChI=1S/C37H53NO5S/c1-5-7-8-9-10-11-12-13-14-15-16-17-18-19-20-21-22-25-28-44-34(6-2)35(39)38-32(29-30(3)4)37(42)43-33-27-24-23-26-31(33)36(40)41/h7-8,10-11,13-14,16-17,19-20,23-24,26-27,30,32,34H,5-6,9,12,15,18,21-22,25,28-29H2,1-4H3,(H,38,39)(H,40,41). The Morgan fingerprint density at radius 1 is 0.841 bits per heavy atom. The molecule has 44 heavy (non-hydrogen) atoms. The van der Waals surface area contributed by atoms with Crippen LogP contribution < -0.4 is 10.1 Å². The van der Waals surface area contributed by atoms with Gasteiger partial charge in [-0.2, -0.15) is 0 Å². The molecule has 0 aliphatic rings. The van der Waals surface area contributed by atoms with Crippen LogP contribution in [0.5, 0.6) is 5.75 Å². The number of hydrogen-bond acceptors (Lipinski definition) is 5. The monoisotopic (exact) mass is 623 g/mol. The maximum Gasteiger partial charge on any atom is 0.339 e. The SMILES string of the molecule is CCC=CCC=CCC=CCC=CCC=CCCCCSC(CC)C(=O)NC(CC(C)C)C(=O)Oc1ccccc1C(=O)O. The van der Waals surface area contributed by atoms with E-state index in [1.165, 1.54) is 12.1 Å². The number of carbonyl (C=O) groups excluding carboxylic acids is 2. The summed E-state index contributed by atoms with van der Waals surface area (Å²) in [4.78, 5) is 37.5. The molecule has 0 aliphatic heterocycles. The van der Waals surface area contributed by atoms with Crippen molar-refractivity contribution in [1.82, 2.24) is 5.32 Å². The fraction of sp³-hybridized carbons (Fsp3) is 0.486. The molecule has 0 radical (unpaired) electrons. The highest BCUT2D eigenvalue weighted by Crippen LogP contribution is 2.21. The fourth-order valence-electron chi connectivity index (χ4n) is 4.20. The van der Waals surface area contributed by atoms with E-state index in [4.69, 9.17) is 4.74 Å². The fourth-order valence-corrected chi connectivity index (χ4v) is 5.31. The van der Waals surface area contributed by atoms with Crippen LogP contribution in [-0.2, 0) is 9.59 Å². The highest BCUT2D eigenvalue weighted by molar-refractivity contribution is 8.00. The Labute approximate surface area is 269 Å². The molecule has 0 aliphatic carbocycles. The summed E-state index contributed by atoms with van der Waals surface area (Å²) < 4.78 is 5.43. The molecule has 2 unspecified atom stereocenters. The molecule has 242 valence electrons. The van der Waals surface area contributed by atoms with Crippen molar-refractivity contribution in [2.24, 2.45) is 5.92 Å². The first-order valence-electron chi connectivity index (χ1n) is 16.0. The number of allylic oxidation sites excluding steroid dienone is 10. The van der Waals surface area contributed by atoms with Gasteiger partial charge in [0.15, 0.2) is 0 Å². The zero-order valence-corrected chi connectivity index (χ0v) is 27.9. The predicted molar refractivity (Wildman–Crippen MR) is 185 cm³/mol. The minimum Gasteiger partial charge on any atom is -0.478 e. The highest BCUT2D eigenvalue weighted by Gasteiger charge is 2.28. The molecule has 2 N–H and O–H groups in total. The molecule has 7 heteroatoms. The molecule has 0 bridgehead atoms. The molecule has 1 aromatic carbocycles. The number of aromatic carboxylic acids is 1. The number of amides is 1. The van der Waals surface area contributed by atoms with Crippen LogP contribution in [-0.4, -0.2) is 40.0 Å². The van der Waals surface area contributed by atoms with Gasteiger partial charge in [-0.1, -0.05) is 101 Å². The zero-order chi connectivity index (χ0) is 32.4. The first-order valence-corrected chi connectivity index (χ1v) is 17.1. The number of carboxylic acid groups (broad SMARTS) is 1. The quantitative estimate of drug-likeness (QED) is 0.0546. The number of unbranched alkanes of at least 4 members (excludes halogenated alkanes) is 2. The number of benzene rings is 1. The topological polar surface area (TPSA) is 92.7 Å². The third kappa shape index (κ3) is 18.4. The van der Waals surface area contributed by atoms with Gasteiger partial charge in [0, 0.05) is 0 Å². The van der Waals surface area contributed by atoms with Crippen molar-refractivity contribution in [2.45, 2.75) is 103 Å². The number of hydrogen-bond donors (Lipinski definition) is 2. The van der Waals surface area contributed by atoms with E-state index in [1.54, 1.807) is 23.9 Å². The van der Waals surface area contributed by atoms with Gasteiger partial charge in [-0.25, -0.2) is 9.59 Å². The van der Waals surface area contributed by atoms with Crippen LogP contribution >= 0.6 is 11.8 Å². The molecule has 0 aromatic heterocycles. The minimum atomic E-state index is -1.18. The van der Waals surface area contributed by atoms with E-state index in [-0.39, 0.29) is 28.4 Å². The molecule has 0 fully saturated rings. The van der Waals surface area contributed by atoms with Crippen molar-refractivity contribution in [3.05, 3.63) is 90.6 Å². The lowest BCUT2D eigenvalue weighted by atomic mass is 10.0. The Morgan fingerprint density at radius 3 is 1.95 bits per heavy atom. The molecule has 2 atom stereocenters. The Bertz CT molecular complexity index is 1120. The van der Waals surface area contributed by atoms with Gasteiger partial charge in [0.1, 0.15) is 17.4 Å². The molecule has 1 rings (SSSR count). The molecule has 0 heterocycles. The summed E-state index contributed by atoms with van der Waals surface area (Å²) in [5, 5.41) is 12.0. The van der Waals surface area contributed by atoms with E-state index in [2.05, 4.69) is 73.0 Å². The molecule has 1 aromatic rings. The summed E-state index contributed by atoms with van der Waals surface area (Å²) in [6, 6.07) is 5.15. The van der Waals surface area contributed by atoms with Crippen LogP contribution in [0.25, 0.3) is 0 Å². The number of esters is 1. The lowest BCUT2D eigenvalue weighted by molar-refractivity contribution is -0.139. The molecule has 0 spiro atoms. The maximum atomic E-state index is 13.1. The third-order valence-electron chi connectivity index (χ3n) is 6.54. The highest BCUT2D eigenvalue weighted by atomic mass is 32.2. The second-order valence-electron chi connectivity index (χ2n) is 10.9. The lowest BCUT2D eigenvalue weighted by Gasteiger charge is -2.22. The van der Waals surface area contributed by atoms with Crippen molar-refractivity contribution < 1.29 is 24.2 Å². The number of rotatable bonds is 23. The van der Waals surface area contributed by atoms with Crippen molar-refractivity contribution in [3.63, 3.8) is 0 Å². The Hall–Kier alpha value is -3.32. The first kappa shape index (κ1) is 38.7. The summed E-state index contributed by atoms with van der Waals surface area (Å²) >= 11 is 1.61. The second-order valence-corrected chi connectivity index (χ2v) is 12.2. The summed E-state index contributed by atoms with van der Waals surface area (Å²) in [5.74, 6) is -1.06. The lowest BCUT2D eigenvalue weighted by Crippen LogP contribution is -2.47.